The Morgan fingerprint density at radius 3 is 2.89 bits per heavy atom. The molecule has 0 saturated carbocycles. The molecule has 0 bridgehead atoms. The summed E-state index contributed by atoms with van der Waals surface area (Å²) in [5, 5.41) is 13.1. The number of sulfonamides is 1. The Morgan fingerprint density at radius 2 is 2.28 bits per heavy atom. The summed E-state index contributed by atoms with van der Waals surface area (Å²) in [7, 11) is -3.78. The van der Waals surface area contributed by atoms with Crippen molar-refractivity contribution in [1.29, 1.82) is 0 Å². The van der Waals surface area contributed by atoms with Crippen molar-refractivity contribution in [2.45, 2.75) is 17.9 Å². The number of H-pyrrole nitrogens is 1. The highest BCUT2D eigenvalue weighted by Crippen LogP contribution is 2.20. The third kappa shape index (κ3) is 2.63. The van der Waals surface area contributed by atoms with Gasteiger partial charge in [-0.1, -0.05) is 16.8 Å². The molecule has 2 N–H and O–H groups in total. The van der Waals surface area contributed by atoms with Gasteiger partial charge in [0.25, 0.3) is 0 Å². The van der Waals surface area contributed by atoms with E-state index in [1.807, 2.05) is 0 Å². The fourth-order valence-electron chi connectivity index (χ4n) is 1.26. The fourth-order valence-corrected chi connectivity index (χ4v) is 2.89. The molecular weight excluding hydrogens is 280 g/mol. The molecule has 0 aromatic carbocycles. The molecule has 0 aliphatic heterocycles. The fraction of sp³-hybridized carbons (Fsp3) is 0.250. The van der Waals surface area contributed by atoms with E-state index in [1.165, 1.54) is 18.5 Å². The Balaban J connectivity index is 2.26. The molecule has 1 unspecified atom stereocenters. The molecule has 2 heterocycles. The largest absolute Gasteiger partial charge is 0.263 e. The van der Waals surface area contributed by atoms with E-state index in [-0.39, 0.29) is 15.7 Å². The van der Waals surface area contributed by atoms with Gasteiger partial charge in [-0.2, -0.15) is 5.21 Å². The van der Waals surface area contributed by atoms with Gasteiger partial charge in [0.1, 0.15) is 4.90 Å². The van der Waals surface area contributed by atoms with Crippen molar-refractivity contribution in [3.05, 3.63) is 29.3 Å². The highest BCUT2D eigenvalue weighted by molar-refractivity contribution is 7.89. The number of pyridine rings is 1. The standard InChI is InChI=1S/C8H9ClN6O2S/c1-5(8-11-14-15-12-8)13-18(16,17)7-4-10-3-2-6(7)9/h2-5,13H,1H3,(H,11,12,14,15). The number of rotatable bonds is 4. The van der Waals surface area contributed by atoms with E-state index >= 15 is 0 Å². The predicted molar refractivity (Wildman–Crippen MR) is 62.2 cm³/mol. The Kier molecular flexibility index (Phi) is 3.55. The molecule has 8 nitrogen and oxygen atoms in total. The molecule has 0 fully saturated rings. The second kappa shape index (κ2) is 4.96. The van der Waals surface area contributed by atoms with Crippen LogP contribution in [0, 0.1) is 0 Å². The van der Waals surface area contributed by atoms with E-state index in [4.69, 9.17) is 11.6 Å². The summed E-state index contributed by atoms with van der Waals surface area (Å²) in [5.41, 5.74) is 0. The Morgan fingerprint density at radius 1 is 1.50 bits per heavy atom. The molecule has 0 aliphatic carbocycles. The van der Waals surface area contributed by atoms with Crippen LogP contribution in [0.15, 0.2) is 23.4 Å². The summed E-state index contributed by atoms with van der Waals surface area (Å²) in [6, 6.07) is 0.764. The van der Waals surface area contributed by atoms with Crippen molar-refractivity contribution in [2.75, 3.05) is 0 Å². The van der Waals surface area contributed by atoms with E-state index in [0.29, 0.717) is 0 Å². The minimum atomic E-state index is -3.78. The number of hydrogen-bond donors (Lipinski definition) is 2. The van der Waals surface area contributed by atoms with Crippen LogP contribution in [0.5, 0.6) is 0 Å². The van der Waals surface area contributed by atoms with Crippen LogP contribution in [0.3, 0.4) is 0 Å². The van der Waals surface area contributed by atoms with Crippen LogP contribution < -0.4 is 4.72 Å². The molecule has 2 aromatic heterocycles. The Hall–Kier alpha value is -1.58. The molecule has 0 aliphatic rings. The van der Waals surface area contributed by atoms with Gasteiger partial charge in [-0.05, 0) is 13.0 Å². The SMILES string of the molecule is CC(NS(=O)(=O)c1cnccc1Cl)c1nn[nH]n1. The van der Waals surface area contributed by atoms with Gasteiger partial charge in [-0.25, -0.2) is 13.1 Å². The smallest absolute Gasteiger partial charge is 0.244 e. The summed E-state index contributed by atoms with van der Waals surface area (Å²) in [5.74, 6) is 0.235. The maximum absolute atomic E-state index is 12.0. The molecule has 1 atom stereocenters. The van der Waals surface area contributed by atoms with E-state index in [2.05, 4.69) is 30.3 Å². The molecule has 0 spiro atoms. The maximum Gasteiger partial charge on any atom is 0.244 e. The zero-order valence-corrected chi connectivity index (χ0v) is 10.8. The number of tetrazole rings is 1. The van der Waals surface area contributed by atoms with Crippen LogP contribution in [-0.2, 0) is 10.0 Å². The Bertz CT molecular complexity index is 629. The quantitative estimate of drug-likeness (QED) is 0.836. The van der Waals surface area contributed by atoms with Crippen LogP contribution in [0.4, 0.5) is 0 Å². The normalized spacial score (nSPS) is 13.4. The van der Waals surface area contributed by atoms with Gasteiger partial charge < -0.3 is 0 Å². The lowest BCUT2D eigenvalue weighted by Gasteiger charge is -2.11. The average molecular weight is 289 g/mol. The minimum absolute atomic E-state index is 0.0952. The minimum Gasteiger partial charge on any atom is -0.263 e. The first-order valence-electron chi connectivity index (χ1n) is 4.86. The van der Waals surface area contributed by atoms with Crippen molar-refractivity contribution in [2.24, 2.45) is 0 Å². The second-order valence-electron chi connectivity index (χ2n) is 3.42. The van der Waals surface area contributed by atoms with Gasteiger partial charge in [0.05, 0.1) is 11.1 Å². The van der Waals surface area contributed by atoms with Gasteiger partial charge in [0, 0.05) is 12.4 Å². The summed E-state index contributed by atoms with van der Waals surface area (Å²) >= 11 is 5.81. The van der Waals surface area contributed by atoms with Gasteiger partial charge in [-0.15, -0.1) is 10.2 Å². The number of hydrogen-bond acceptors (Lipinski definition) is 6. The summed E-state index contributed by atoms with van der Waals surface area (Å²) in [4.78, 5) is 3.63. The third-order valence-electron chi connectivity index (χ3n) is 2.10. The summed E-state index contributed by atoms with van der Waals surface area (Å²) in [6.07, 6.45) is 2.58. The molecule has 2 aromatic rings. The van der Waals surface area contributed by atoms with Crippen molar-refractivity contribution < 1.29 is 8.42 Å². The van der Waals surface area contributed by atoms with Crippen molar-refractivity contribution in [1.82, 2.24) is 30.3 Å². The number of aromatic nitrogens is 5. The number of halogens is 1. The molecule has 0 amide bonds. The van der Waals surface area contributed by atoms with E-state index < -0.39 is 16.1 Å². The van der Waals surface area contributed by atoms with Crippen molar-refractivity contribution >= 4 is 21.6 Å². The average Bonchev–Trinajstić information content (AvgIpc) is 2.82. The first-order valence-corrected chi connectivity index (χ1v) is 6.72. The Labute approximate surface area is 108 Å². The van der Waals surface area contributed by atoms with Crippen molar-refractivity contribution in [3.63, 3.8) is 0 Å². The van der Waals surface area contributed by atoms with Gasteiger partial charge >= 0.3 is 0 Å². The first-order chi connectivity index (χ1) is 8.50. The zero-order valence-electron chi connectivity index (χ0n) is 9.20. The highest BCUT2D eigenvalue weighted by Gasteiger charge is 2.23. The summed E-state index contributed by atoms with van der Waals surface area (Å²) in [6.45, 7) is 1.59. The van der Waals surface area contributed by atoms with E-state index in [1.54, 1.807) is 6.92 Å². The van der Waals surface area contributed by atoms with E-state index in [9.17, 15) is 8.42 Å². The van der Waals surface area contributed by atoms with Gasteiger partial charge in [0.15, 0.2) is 5.82 Å². The lowest BCUT2D eigenvalue weighted by Crippen LogP contribution is -2.28. The van der Waals surface area contributed by atoms with Crippen LogP contribution >= 0.6 is 11.6 Å². The highest BCUT2D eigenvalue weighted by atomic mass is 35.5. The predicted octanol–water partition coefficient (Wildman–Crippen LogP) is 0.288. The monoisotopic (exact) mass is 288 g/mol. The van der Waals surface area contributed by atoms with Crippen LogP contribution in [0.1, 0.15) is 18.8 Å². The van der Waals surface area contributed by atoms with Crippen molar-refractivity contribution in [3.8, 4) is 0 Å². The summed E-state index contributed by atoms with van der Waals surface area (Å²) < 4.78 is 26.5. The lowest BCUT2D eigenvalue weighted by atomic mass is 10.4. The zero-order chi connectivity index (χ0) is 13.2. The van der Waals surface area contributed by atoms with Crippen LogP contribution in [-0.4, -0.2) is 34.0 Å². The van der Waals surface area contributed by atoms with Crippen LogP contribution in [0.25, 0.3) is 0 Å². The molecule has 0 radical (unpaired) electrons. The number of nitrogens with one attached hydrogen (secondary N) is 2. The van der Waals surface area contributed by atoms with Gasteiger partial charge in [0.2, 0.25) is 10.0 Å². The molecular formula is C8H9ClN6O2S. The van der Waals surface area contributed by atoms with Gasteiger partial charge in [-0.3, -0.25) is 4.98 Å². The first kappa shape index (κ1) is 12.9. The molecule has 96 valence electrons. The molecule has 18 heavy (non-hydrogen) atoms. The molecule has 2 rings (SSSR count). The maximum atomic E-state index is 12.0. The topological polar surface area (TPSA) is 114 Å². The lowest BCUT2D eigenvalue weighted by molar-refractivity contribution is 0.559. The third-order valence-corrected chi connectivity index (χ3v) is 4.11. The molecule has 0 saturated heterocycles. The second-order valence-corrected chi connectivity index (χ2v) is 5.51. The molecule has 10 heteroatoms. The number of aromatic amines is 1. The van der Waals surface area contributed by atoms with E-state index in [0.717, 1.165) is 0 Å². The van der Waals surface area contributed by atoms with Crippen LogP contribution in [0.2, 0.25) is 5.02 Å². The number of nitrogens with zero attached hydrogens (tertiary/aromatic N) is 4.